The minimum Gasteiger partial charge on any atom is -0.377 e. The van der Waals surface area contributed by atoms with Gasteiger partial charge in [-0.2, -0.15) is 0 Å². The molecule has 0 radical (unpaired) electrons. The maximum atomic E-state index is 11.4. The highest BCUT2D eigenvalue weighted by molar-refractivity contribution is 5.53. The zero-order valence-corrected chi connectivity index (χ0v) is 14.5. The van der Waals surface area contributed by atoms with Gasteiger partial charge in [-0.05, 0) is 30.4 Å². The van der Waals surface area contributed by atoms with Gasteiger partial charge in [0.05, 0.1) is 6.61 Å². The summed E-state index contributed by atoms with van der Waals surface area (Å²) in [6.45, 7) is 1.06. The first-order chi connectivity index (χ1) is 12.7. The first kappa shape index (κ1) is 19.6. The lowest BCUT2D eigenvalue weighted by molar-refractivity contribution is -0.771. The van der Waals surface area contributed by atoms with Crippen molar-refractivity contribution >= 4 is 6.29 Å². The lowest BCUT2D eigenvalue weighted by atomic mass is 9.94. The van der Waals surface area contributed by atoms with Crippen LogP contribution in [0.5, 0.6) is 0 Å². The molecule has 0 aliphatic carbocycles. The predicted molar refractivity (Wildman–Crippen MR) is 96.8 cm³/mol. The summed E-state index contributed by atoms with van der Waals surface area (Å²) in [5.74, 6) is -0.319. The van der Waals surface area contributed by atoms with Crippen LogP contribution in [0.2, 0.25) is 0 Å². The van der Waals surface area contributed by atoms with Gasteiger partial charge in [0.2, 0.25) is 0 Å². The highest BCUT2D eigenvalue weighted by Gasteiger charge is 2.21. The number of rotatable bonds is 12. The Kier molecular flexibility index (Phi) is 8.29. The average Bonchev–Trinajstić information content (AvgIpc) is 2.67. The van der Waals surface area contributed by atoms with Crippen molar-refractivity contribution in [1.29, 1.82) is 0 Å². The van der Waals surface area contributed by atoms with E-state index in [2.05, 4.69) is 0 Å². The first-order valence-electron chi connectivity index (χ1n) is 8.62. The average molecular weight is 357 g/mol. The molecule has 0 saturated carbocycles. The second kappa shape index (κ2) is 11.0. The van der Waals surface area contributed by atoms with Crippen LogP contribution < -0.4 is 0 Å². The van der Waals surface area contributed by atoms with Crippen molar-refractivity contribution in [2.75, 3.05) is 6.61 Å². The van der Waals surface area contributed by atoms with Gasteiger partial charge in [-0.15, -0.1) is 10.1 Å². The molecule has 0 heterocycles. The Morgan fingerprint density at radius 1 is 1.04 bits per heavy atom. The number of hydrogen-bond donors (Lipinski definition) is 0. The minimum absolute atomic E-state index is 0.271. The number of ether oxygens (including phenoxy) is 1. The van der Waals surface area contributed by atoms with Gasteiger partial charge in [0.15, 0.2) is 0 Å². The van der Waals surface area contributed by atoms with Crippen LogP contribution in [0.15, 0.2) is 60.7 Å². The molecule has 0 unspecified atom stereocenters. The molecular weight excluding hydrogens is 334 g/mol. The molecule has 6 nitrogen and oxygen atoms in total. The smallest absolute Gasteiger partial charge is 0.295 e. The molecule has 2 aromatic carbocycles. The maximum absolute atomic E-state index is 11.4. The van der Waals surface area contributed by atoms with Crippen molar-refractivity contribution in [3.8, 4) is 0 Å². The number of benzene rings is 2. The molecule has 0 spiro atoms. The Bertz CT molecular complexity index is 662. The van der Waals surface area contributed by atoms with Gasteiger partial charge in [0.25, 0.3) is 5.09 Å². The predicted octanol–water partition coefficient (Wildman–Crippen LogP) is 4.14. The Morgan fingerprint density at radius 2 is 1.69 bits per heavy atom. The SMILES string of the molecule is O=C[C@@H](CCCOCc1ccccc1)C[C@H](O[N+](=O)[O-])c1ccccc1. The van der Waals surface area contributed by atoms with Crippen LogP contribution in [0.25, 0.3) is 0 Å². The van der Waals surface area contributed by atoms with Crippen LogP contribution in [-0.2, 0) is 21.0 Å². The Labute approximate surface area is 152 Å². The molecular formula is C20H23NO5. The summed E-state index contributed by atoms with van der Waals surface area (Å²) in [6.07, 6.45) is 1.68. The Morgan fingerprint density at radius 3 is 2.31 bits per heavy atom. The highest BCUT2D eigenvalue weighted by Crippen LogP contribution is 2.26. The van der Waals surface area contributed by atoms with Crippen LogP contribution in [0.1, 0.15) is 36.5 Å². The molecule has 2 aromatic rings. The van der Waals surface area contributed by atoms with Crippen LogP contribution in [0.3, 0.4) is 0 Å². The quantitative estimate of drug-likeness (QED) is 0.247. The molecule has 138 valence electrons. The molecule has 0 aliphatic heterocycles. The zero-order valence-electron chi connectivity index (χ0n) is 14.5. The number of carbonyl (C=O) groups excluding carboxylic acids is 1. The zero-order chi connectivity index (χ0) is 18.6. The van der Waals surface area contributed by atoms with Gasteiger partial charge in [-0.3, -0.25) is 0 Å². The fourth-order valence-electron chi connectivity index (χ4n) is 2.74. The summed E-state index contributed by atoms with van der Waals surface area (Å²) in [5.41, 5.74) is 1.79. The highest BCUT2D eigenvalue weighted by atomic mass is 17.0. The molecule has 0 amide bonds. The fraction of sp³-hybridized carbons (Fsp3) is 0.350. The summed E-state index contributed by atoms with van der Waals surface area (Å²) < 4.78 is 5.61. The first-order valence-corrected chi connectivity index (χ1v) is 8.62. The van der Waals surface area contributed by atoms with E-state index in [1.807, 2.05) is 36.4 Å². The minimum atomic E-state index is -0.803. The Hall–Kier alpha value is -2.73. The Balaban J connectivity index is 1.78. The van der Waals surface area contributed by atoms with E-state index in [9.17, 15) is 14.9 Å². The summed E-state index contributed by atoms with van der Waals surface area (Å²) in [4.78, 5) is 26.9. The van der Waals surface area contributed by atoms with Crippen molar-refractivity contribution in [3.05, 3.63) is 81.9 Å². The van der Waals surface area contributed by atoms with Gasteiger partial charge in [-0.25, -0.2) is 0 Å². The third kappa shape index (κ3) is 7.03. The van der Waals surface area contributed by atoms with Crippen molar-refractivity contribution < 1.29 is 19.5 Å². The van der Waals surface area contributed by atoms with Crippen LogP contribution >= 0.6 is 0 Å². The van der Waals surface area contributed by atoms with Gasteiger partial charge >= 0.3 is 0 Å². The van der Waals surface area contributed by atoms with E-state index in [0.29, 0.717) is 31.6 Å². The van der Waals surface area contributed by atoms with Gasteiger partial charge < -0.3 is 14.4 Å². The third-order valence-corrected chi connectivity index (χ3v) is 4.07. The third-order valence-electron chi connectivity index (χ3n) is 4.07. The molecule has 0 aliphatic rings. The summed E-state index contributed by atoms with van der Waals surface area (Å²) >= 11 is 0. The number of aldehydes is 1. The molecule has 6 heteroatoms. The fourth-order valence-corrected chi connectivity index (χ4v) is 2.74. The summed E-state index contributed by atoms with van der Waals surface area (Å²) in [5, 5.41) is 9.96. The van der Waals surface area contributed by atoms with Gasteiger partial charge in [0.1, 0.15) is 12.4 Å². The van der Waals surface area contributed by atoms with Crippen molar-refractivity contribution in [1.82, 2.24) is 0 Å². The van der Waals surface area contributed by atoms with Crippen molar-refractivity contribution in [2.24, 2.45) is 5.92 Å². The number of hydrogen-bond acceptors (Lipinski definition) is 5. The normalized spacial score (nSPS) is 12.9. The van der Waals surface area contributed by atoms with E-state index in [1.165, 1.54) is 0 Å². The molecule has 0 saturated heterocycles. The van der Waals surface area contributed by atoms with E-state index in [4.69, 9.17) is 9.57 Å². The van der Waals surface area contributed by atoms with E-state index in [0.717, 1.165) is 11.8 Å². The molecule has 0 bridgehead atoms. The van der Waals surface area contributed by atoms with E-state index >= 15 is 0 Å². The molecule has 0 fully saturated rings. The van der Waals surface area contributed by atoms with Crippen LogP contribution in [-0.4, -0.2) is 18.0 Å². The summed E-state index contributed by atoms with van der Waals surface area (Å²) in [7, 11) is 0. The van der Waals surface area contributed by atoms with Gasteiger partial charge in [0, 0.05) is 12.5 Å². The van der Waals surface area contributed by atoms with Crippen LogP contribution in [0, 0.1) is 16.0 Å². The molecule has 26 heavy (non-hydrogen) atoms. The second-order valence-electron chi connectivity index (χ2n) is 6.04. The van der Waals surface area contributed by atoms with Crippen molar-refractivity contribution in [2.45, 2.75) is 32.0 Å². The standard InChI is InChI=1S/C20H23NO5/c22-15-18(10-7-13-25-16-17-8-3-1-4-9-17)14-20(26-21(23)24)19-11-5-2-6-12-19/h1-6,8-9,11-12,15,18,20H,7,10,13-14,16H2/t18-,20-/m0/s1. The van der Waals surface area contributed by atoms with Gasteiger partial charge in [-0.1, -0.05) is 60.7 Å². The second-order valence-corrected chi connectivity index (χ2v) is 6.04. The lowest BCUT2D eigenvalue weighted by Crippen LogP contribution is -2.15. The van der Waals surface area contributed by atoms with E-state index in [1.54, 1.807) is 24.3 Å². The van der Waals surface area contributed by atoms with E-state index < -0.39 is 11.2 Å². The summed E-state index contributed by atoms with van der Waals surface area (Å²) in [6, 6.07) is 18.8. The van der Waals surface area contributed by atoms with Crippen molar-refractivity contribution in [3.63, 3.8) is 0 Å². The topological polar surface area (TPSA) is 78.7 Å². The lowest BCUT2D eigenvalue weighted by Gasteiger charge is -2.19. The molecule has 0 aromatic heterocycles. The largest absolute Gasteiger partial charge is 0.377 e. The molecule has 0 N–H and O–H groups in total. The number of nitrogens with zero attached hydrogens (tertiary/aromatic N) is 1. The number of carbonyl (C=O) groups is 1. The monoisotopic (exact) mass is 357 g/mol. The maximum Gasteiger partial charge on any atom is 0.295 e. The molecule has 2 atom stereocenters. The van der Waals surface area contributed by atoms with E-state index in [-0.39, 0.29) is 12.3 Å². The molecule has 2 rings (SSSR count). The van der Waals surface area contributed by atoms with Crippen LogP contribution in [0.4, 0.5) is 0 Å².